The highest BCUT2D eigenvalue weighted by Crippen LogP contribution is 2.24. The molecule has 1 saturated heterocycles. The molecule has 2 aromatic carbocycles. The molecule has 0 radical (unpaired) electrons. The number of likely N-dealkylation sites (N-methyl/N-ethyl adjacent to an activating group) is 1. The summed E-state index contributed by atoms with van der Waals surface area (Å²) in [6.45, 7) is 6.67. The maximum absolute atomic E-state index is 12.5. The number of urea groups is 1. The number of piperazine rings is 1. The van der Waals surface area contributed by atoms with Gasteiger partial charge in [0.15, 0.2) is 0 Å². The number of hydrogen-bond acceptors (Lipinski definition) is 4. The number of aryl methyl sites for hydroxylation is 1. The molecule has 3 rings (SSSR count). The zero-order valence-electron chi connectivity index (χ0n) is 18.0. The van der Waals surface area contributed by atoms with Crippen LogP contribution in [0.25, 0.3) is 0 Å². The van der Waals surface area contributed by atoms with Crippen LogP contribution in [0.15, 0.2) is 48.5 Å². The predicted molar refractivity (Wildman–Crippen MR) is 121 cm³/mol. The van der Waals surface area contributed by atoms with E-state index in [1.54, 1.807) is 0 Å². The van der Waals surface area contributed by atoms with Gasteiger partial charge in [0.25, 0.3) is 0 Å². The van der Waals surface area contributed by atoms with Crippen molar-refractivity contribution in [3.05, 3.63) is 59.7 Å². The third-order valence-corrected chi connectivity index (χ3v) is 5.50. The molecule has 29 heavy (non-hydrogen) atoms. The summed E-state index contributed by atoms with van der Waals surface area (Å²) in [5, 5.41) is 6.02. The number of nitrogens with one attached hydrogen (secondary N) is 2. The molecule has 1 fully saturated rings. The number of rotatable bonds is 6. The maximum atomic E-state index is 12.5. The highest BCUT2D eigenvalue weighted by Gasteiger charge is 2.24. The molecule has 1 aliphatic rings. The third kappa shape index (κ3) is 5.95. The van der Waals surface area contributed by atoms with Crippen molar-refractivity contribution < 1.29 is 4.79 Å². The van der Waals surface area contributed by atoms with Crippen LogP contribution in [-0.4, -0.2) is 69.7 Å². The zero-order chi connectivity index (χ0) is 20.8. The van der Waals surface area contributed by atoms with Gasteiger partial charge in [-0.15, -0.1) is 0 Å². The minimum absolute atomic E-state index is 0.156. The minimum atomic E-state index is -0.167. The zero-order valence-corrected chi connectivity index (χ0v) is 18.0. The van der Waals surface area contributed by atoms with Gasteiger partial charge in [-0.1, -0.05) is 24.3 Å². The summed E-state index contributed by atoms with van der Waals surface area (Å²) >= 11 is 0. The van der Waals surface area contributed by atoms with Crippen LogP contribution in [0.5, 0.6) is 0 Å². The van der Waals surface area contributed by atoms with E-state index in [1.807, 2.05) is 45.3 Å². The molecular formula is C23H33N5O. The summed E-state index contributed by atoms with van der Waals surface area (Å²) < 4.78 is 0. The van der Waals surface area contributed by atoms with Gasteiger partial charge in [-0.05, 0) is 49.4 Å². The van der Waals surface area contributed by atoms with Crippen molar-refractivity contribution in [3.63, 3.8) is 0 Å². The van der Waals surface area contributed by atoms with Crippen molar-refractivity contribution in [2.45, 2.75) is 13.0 Å². The first-order valence-electron chi connectivity index (χ1n) is 10.2. The van der Waals surface area contributed by atoms with E-state index in [1.165, 1.54) is 11.3 Å². The lowest BCUT2D eigenvalue weighted by atomic mass is 10.0. The normalized spacial score (nSPS) is 16.3. The summed E-state index contributed by atoms with van der Waals surface area (Å²) in [5.41, 5.74) is 4.35. The Kier molecular flexibility index (Phi) is 7.12. The minimum Gasteiger partial charge on any atom is -0.378 e. The van der Waals surface area contributed by atoms with Crippen LogP contribution in [0, 0.1) is 6.92 Å². The SMILES string of the molecule is Cc1cccc(NC(=O)NC[C@@H](c2ccc(N(C)C)cc2)N2CCN(C)CC2)c1. The van der Waals surface area contributed by atoms with Crippen molar-refractivity contribution in [1.29, 1.82) is 0 Å². The summed E-state index contributed by atoms with van der Waals surface area (Å²) in [6.07, 6.45) is 0. The van der Waals surface area contributed by atoms with Crippen molar-refractivity contribution >= 4 is 17.4 Å². The van der Waals surface area contributed by atoms with Gasteiger partial charge in [-0.2, -0.15) is 0 Å². The van der Waals surface area contributed by atoms with Crippen LogP contribution in [0.4, 0.5) is 16.2 Å². The van der Waals surface area contributed by atoms with Crippen molar-refractivity contribution in [3.8, 4) is 0 Å². The van der Waals surface area contributed by atoms with Crippen molar-refractivity contribution in [1.82, 2.24) is 15.1 Å². The van der Waals surface area contributed by atoms with Crippen molar-refractivity contribution in [2.75, 3.05) is 64.1 Å². The van der Waals surface area contributed by atoms with Gasteiger partial charge in [-0.25, -0.2) is 4.79 Å². The Balaban J connectivity index is 1.68. The van der Waals surface area contributed by atoms with Gasteiger partial charge in [0, 0.05) is 58.2 Å². The van der Waals surface area contributed by atoms with E-state index < -0.39 is 0 Å². The molecule has 6 nitrogen and oxygen atoms in total. The molecule has 2 aromatic rings. The van der Waals surface area contributed by atoms with E-state index in [2.05, 4.69) is 56.6 Å². The highest BCUT2D eigenvalue weighted by molar-refractivity contribution is 5.89. The average molecular weight is 396 g/mol. The predicted octanol–water partition coefficient (Wildman–Crippen LogP) is 3.17. The monoisotopic (exact) mass is 395 g/mol. The van der Waals surface area contributed by atoms with Crippen LogP contribution in [0.3, 0.4) is 0 Å². The van der Waals surface area contributed by atoms with Gasteiger partial charge >= 0.3 is 6.03 Å². The van der Waals surface area contributed by atoms with Crippen LogP contribution in [-0.2, 0) is 0 Å². The van der Waals surface area contributed by atoms with Gasteiger partial charge in [0.1, 0.15) is 0 Å². The Hall–Kier alpha value is -2.57. The second kappa shape index (κ2) is 9.76. The Bertz CT molecular complexity index is 797. The number of benzene rings is 2. The molecule has 0 unspecified atom stereocenters. The summed E-state index contributed by atoms with van der Waals surface area (Å²) in [6, 6.07) is 16.5. The molecule has 2 N–H and O–H groups in total. The Morgan fingerprint density at radius 2 is 1.76 bits per heavy atom. The Morgan fingerprint density at radius 1 is 1.07 bits per heavy atom. The largest absolute Gasteiger partial charge is 0.378 e. The van der Waals surface area contributed by atoms with E-state index >= 15 is 0 Å². The molecule has 1 atom stereocenters. The number of carbonyl (C=O) groups excluding carboxylic acids is 1. The maximum Gasteiger partial charge on any atom is 0.319 e. The van der Waals surface area contributed by atoms with Crippen LogP contribution in [0.2, 0.25) is 0 Å². The fourth-order valence-corrected chi connectivity index (χ4v) is 3.67. The fourth-order valence-electron chi connectivity index (χ4n) is 3.67. The smallest absolute Gasteiger partial charge is 0.319 e. The summed E-state index contributed by atoms with van der Waals surface area (Å²) in [7, 11) is 6.25. The molecule has 0 aliphatic carbocycles. The number of amides is 2. The Morgan fingerprint density at radius 3 is 2.38 bits per heavy atom. The first-order chi connectivity index (χ1) is 13.9. The molecule has 0 aromatic heterocycles. The van der Waals surface area contributed by atoms with E-state index in [4.69, 9.17) is 0 Å². The number of anilines is 2. The van der Waals surface area contributed by atoms with Crippen LogP contribution in [0.1, 0.15) is 17.2 Å². The van der Waals surface area contributed by atoms with Crippen LogP contribution >= 0.6 is 0 Å². The highest BCUT2D eigenvalue weighted by atomic mass is 16.2. The number of hydrogen-bond donors (Lipinski definition) is 2. The van der Waals surface area contributed by atoms with Crippen LogP contribution < -0.4 is 15.5 Å². The molecule has 1 heterocycles. The molecule has 0 saturated carbocycles. The number of carbonyl (C=O) groups is 1. The second-order valence-electron chi connectivity index (χ2n) is 8.05. The summed E-state index contributed by atoms with van der Waals surface area (Å²) in [5.74, 6) is 0. The van der Waals surface area contributed by atoms with Gasteiger partial charge in [-0.3, -0.25) is 4.90 Å². The molecule has 0 spiro atoms. The van der Waals surface area contributed by atoms with Crippen molar-refractivity contribution in [2.24, 2.45) is 0 Å². The molecule has 6 heteroatoms. The molecule has 156 valence electrons. The van der Waals surface area contributed by atoms with E-state index in [9.17, 15) is 4.79 Å². The molecule has 1 aliphatic heterocycles. The molecular weight excluding hydrogens is 362 g/mol. The van der Waals surface area contributed by atoms with Gasteiger partial charge < -0.3 is 20.4 Å². The average Bonchev–Trinajstić information content (AvgIpc) is 2.70. The Labute approximate surface area is 174 Å². The lowest BCUT2D eigenvalue weighted by Crippen LogP contribution is -2.48. The lowest BCUT2D eigenvalue weighted by Gasteiger charge is -2.38. The first-order valence-corrected chi connectivity index (χ1v) is 10.2. The van der Waals surface area contributed by atoms with E-state index in [0.717, 1.165) is 37.4 Å². The van der Waals surface area contributed by atoms with E-state index in [0.29, 0.717) is 6.54 Å². The fraction of sp³-hybridized carbons (Fsp3) is 0.435. The van der Waals surface area contributed by atoms with Gasteiger partial charge in [0.05, 0.1) is 6.04 Å². The quantitative estimate of drug-likeness (QED) is 0.789. The molecule has 2 amide bonds. The lowest BCUT2D eigenvalue weighted by molar-refractivity contribution is 0.111. The standard InChI is InChI=1S/C23H33N5O/c1-18-6-5-7-20(16-18)25-23(29)24-17-22(28-14-12-27(4)13-15-28)19-8-10-21(11-9-19)26(2)3/h5-11,16,22H,12-15,17H2,1-4H3,(H2,24,25,29)/t22-/m0/s1. The third-order valence-electron chi connectivity index (χ3n) is 5.50. The first kappa shape index (κ1) is 21.1. The second-order valence-corrected chi connectivity index (χ2v) is 8.05. The van der Waals surface area contributed by atoms with E-state index in [-0.39, 0.29) is 12.1 Å². The topological polar surface area (TPSA) is 50.9 Å². The molecule has 0 bridgehead atoms. The summed E-state index contributed by atoms with van der Waals surface area (Å²) in [4.78, 5) is 19.4. The number of nitrogens with zero attached hydrogens (tertiary/aromatic N) is 3. The van der Waals surface area contributed by atoms with Gasteiger partial charge in [0.2, 0.25) is 0 Å².